The number of ether oxygens (including phenoxy) is 2. The Bertz CT molecular complexity index is 323. The molecular weight excluding hydrogens is 344 g/mol. The molecule has 0 rings (SSSR count). The first kappa shape index (κ1) is 27.4. The van der Waals surface area contributed by atoms with Crippen LogP contribution in [0.15, 0.2) is 24.3 Å². The molecule has 166 valence electrons. The van der Waals surface area contributed by atoms with Crippen LogP contribution in [0.3, 0.4) is 0 Å². The fraction of sp³-hybridized carbons (Fsp3) is 0.846. The standard InChI is InChI=1S/C26H50O2/c1-4-7-10-11-12-13-14-15-16-17-18-19-20-23-26(27-24-21-8-5-2)28-25-22-9-6-3/h11-12,15-16,26H,4-10,13-14,17-25H2,1-3H3/b12-11-,16-15-. The zero-order chi connectivity index (χ0) is 20.5. The van der Waals surface area contributed by atoms with Crippen LogP contribution in [0.5, 0.6) is 0 Å². The summed E-state index contributed by atoms with van der Waals surface area (Å²) >= 11 is 0. The van der Waals surface area contributed by atoms with E-state index in [-0.39, 0.29) is 6.29 Å². The average molecular weight is 395 g/mol. The molecule has 0 radical (unpaired) electrons. The predicted octanol–water partition coefficient (Wildman–Crippen LogP) is 8.76. The summed E-state index contributed by atoms with van der Waals surface area (Å²) in [6.45, 7) is 8.41. The molecule has 0 atom stereocenters. The molecule has 2 heteroatoms. The molecule has 0 amide bonds. The van der Waals surface area contributed by atoms with Crippen LogP contribution in [0, 0.1) is 0 Å². The van der Waals surface area contributed by atoms with Crippen molar-refractivity contribution in [3.05, 3.63) is 24.3 Å². The second kappa shape index (κ2) is 24.4. The average Bonchev–Trinajstić information content (AvgIpc) is 2.71. The van der Waals surface area contributed by atoms with Crippen molar-refractivity contribution in [3.8, 4) is 0 Å². The van der Waals surface area contributed by atoms with Gasteiger partial charge in [-0.15, -0.1) is 0 Å². The minimum atomic E-state index is 0.0174. The zero-order valence-corrected chi connectivity index (χ0v) is 19.4. The van der Waals surface area contributed by atoms with Crippen LogP contribution in [0.4, 0.5) is 0 Å². The summed E-state index contributed by atoms with van der Waals surface area (Å²) in [6.07, 6.45) is 28.9. The van der Waals surface area contributed by atoms with Crippen molar-refractivity contribution in [1.82, 2.24) is 0 Å². The Morgan fingerprint density at radius 3 is 1.54 bits per heavy atom. The van der Waals surface area contributed by atoms with Crippen LogP contribution < -0.4 is 0 Å². The Morgan fingerprint density at radius 2 is 1.00 bits per heavy atom. The minimum Gasteiger partial charge on any atom is -0.353 e. The van der Waals surface area contributed by atoms with E-state index < -0.39 is 0 Å². The fourth-order valence-corrected chi connectivity index (χ4v) is 3.08. The lowest BCUT2D eigenvalue weighted by molar-refractivity contribution is -0.148. The summed E-state index contributed by atoms with van der Waals surface area (Å²) in [5, 5.41) is 0. The highest BCUT2D eigenvalue weighted by atomic mass is 16.7. The quantitative estimate of drug-likeness (QED) is 0.104. The van der Waals surface area contributed by atoms with Crippen LogP contribution in [0.2, 0.25) is 0 Å². The molecule has 0 unspecified atom stereocenters. The van der Waals surface area contributed by atoms with Crippen molar-refractivity contribution in [1.29, 1.82) is 0 Å². The number of unbranched alkanes of at least 4 members (excludes halogenated alkanes) is 10. The van der Waals surface area contributed by atoms with Crippen molar-refractivity contribution in [2.75, 3.05) is 13.2 Å². The van der Waals surface area contributed by atoms with Gasteiger partial charge in [-0.3, -0.25) is 0 Å². The molecule has 0 heterocycles. The van der Waals surface area contributed by atoms with Crippen molar-refractivity contribution in [2.45, 2.75) is 130 Å². The third kappa shape index (κ3) is 21.7. The topological polar surface area (TPSA) is 18.5 Å². The monoisotopic (exact) mass is 394 g/mol. The van der Waals surface area contributed by atoms with Gasteiger partial charge in [0.25, 0.3) is 0 Å². The Balaban J connectivity index is 3.69. The van der Waals surface area contributed by atoms with Gasteiger partial charge < -0.3 is 9.47 Å². The molecule has 0 saturated heterocycles. The molecule has 0 fully saturated rings. The fourth-order valence-electron chi connectivity index (χ4n) is 3.08. The normalized spacial score (nSPS) is 12.1. The Hall–Kier alpha value is -0.600. The SMILES string of the molecule is CCCC/C=C\CC/C=C\CCCCCC(OCCCCC)OCCCCC. The molecule has 0 aliphatic carbocycles. The first-order valence-corrected chi connectivity index (χ1v) is 12.4. The van der Waals surface area contributed by atoms with Crippen LogP contribution >= 0.6 is 0 Å². The van der Waals surface area contributed by atoms with Crippen LogP contribution in [-0.4, -0.2) is 19.5 Å². The first-order valence-electron chi connectivity index (χ1n) is 12.4. The number of allylic oxidation sites excluding steroid dienone is 4. The lowest BCUT2D eigenvalue weighted by atomic mass is 10.1. The zero-order valence-electron chi connectivity index (χ0n) is 19.4. The van der Waals surface area contributed by atoms with E-state index in [1.54, 1.807) is 0 Å². The molecule has 0 aromatic heterocycles. The number of hydrogen-bond donors (Lipinski definition) is 0. The lowest BCUT2D eigenvalue weighted by Gasteiger charge is -2.18. The largest absolute Gasteiger partial charge is 0.353 e. The van der Waals surface area contributed by atoms with Gasteiger partial charge in [0, 0.05) is 13.2 Å². The van der Waals surface area contributed by atoms with E-state index in [0.29, 0.717) is 0 Å². The van der Waals surface area contributed by atoms with Gasteiger partial charge in [0.15, 0.2) is 6.29 Å². The maximum atomic E-state index is 5.99. The second-order valence-corrected chi connectivity index (χ2v) is 7.89. The third-order valence-corrected chi connectivity index (χ3v) is 4.97. The number of rotatable bonds is 22. The van der Waals surface area contributed by atoms with Gasteiger partial charge in [-0.05, 0) is 57.8 Å². The molecule has 28 heavy (non-hydrogen) atoms. The maximum absolute atomic E-state index is 5.99. The highest BCUT2D eigenvalue weighted by Gasteiger charge is 2.08. The third-order valence-electron chi connectivity index (χ3n) is 4.97. The van der Waals surface area contributed by atoms with E-state index in [0.717, 1.165) is 32.5 Å². The van der Waals surface area contributed by atoms with E-state index in [1.807, 2.05) is 0 Å². The van der Waals surface area contributed by atoms with Crippen molar-refractivity contribution in [3.63, 3.8) is 0 Å². The van der Waals surface area contributed by atoms with Gasteiger partial charge in [0.1, 0.15) is 0 Å². The van der Waals surface area contributed by atoms with E-state index in [4.69, 9.17) is 9.47 Å². The maximum Gasteiger partial charge on any atom is 0.157 e. The predicted molar refractivity (Wildman–Crippen MR) is 125 cm³/mol. The van der Waals surface area contributed by atoms with E-state index in [1.165, 1.54) is 83.5 Å². The molecule has 0 bridgehead atoms. The first-order chi connectivity index (χ1) is 13.8. The Morgan fingerprint density at radius 1 is 0.500 bits per heavy atom. The molecule has 2 nitrogen and oxygen atoms in total. The second-order valence-electron chi connectivity index (χ2n) is 7.89. The molecule has 0 aromatic rings. The van der Waals surface area contributed by atoms with E-state index >= 15 is 0 Å². The van der Waals surface area contributed by atoms with Gasteiger partial charge >= 0.3 is 0 Å². The molecule has 0 spiro atoms. The highest BCUT2D eigenvalue weighted by molar-refractivity contribution is 4.88. The Labute approximate surface area is 177 Å². The van der Waals surface area contributed by atoms with E-state index in [9.17, 15) is 0 Å². The van der Waals surface area contributed by atoms with E-state index in [2.05, 4.69) is 45.1 Å². The van der Waals surface area contributed by atoms with Crippen LogP contribution in [-0.2, 0) is 9.47 Å². The van der Waals surface area contributed by atoms with Gasteiger partial charge in [-0.2, -0.15) is 0 Å². The van der Waals surface area contributed by atoms with Crippen molar-refractivity contribution >= 4 is 0 Å². The van der Waals surface area contributed by atoms with Crippen molar-refractivity contribution in [2.24, 2.45) is 0 Å². The number of hydrogen-bond acceptors (Lipinski definition) is 2. The molecule has 0 aliphatic heterocycles. The summed E-state index contributed by atoms with van der Waals surface area (Å²) in [7, 11) is 0. The molecule has 0 N–H and O–H groups in total. The van der Waals surface area contributed by atoms with Crippen molar-refractivity contribution < 1.29 is 9.47 Å². The van der Waals surface area contributed by atoms with Gasteiger partial charge in [-0.1, -0.05) is 90.0 Å². The minimum absolute atomic E-state index is 0.0174. The molecular formula is C26H50O2. The van der Waals surface area contributed by atoms with Gasteiger partial charge in [0.05, 0.1) is 0 Å². The summed E-state index contributed by atoms with van der Waals surface area (Å²) in [5.41, 5.74) is 0. The molecule has 0 saturated carbocycles. The van der Waals surface area contributed by atoms with Gasteiger partial charge in [0.2, 0.25) is 0 Å². The summed E-state index contributed by atoms with van der Waals surface area (Å²) < 4.78 is 12.0. The molecule has 0 aliphatic rings. The summed E-state index contributed by atoms with van der Waals surface area (Å²) in [4.78, 5) is 0. The Kier molecular flexibility index (Phi) is 23.9. The summed E-state index contributed by atoms with van der Waals surface area (Å²) in [5.74, 6) is 0. The lowest BCUT2D eigenvalue weighted by Crippen LogP contribution is -2.19. The molecule has 0 aromatic carbocycles. The highest BCUT2D eigenvalue weighted by Crippen LogP contribution is 2.12. The van der Waals surface area contributed by atoms with Crippen LogP contribution in [0.25, 0.3) is 0 Å². The summed E-state index contributed by atoms with van der Waals surface area (Å²) in [6, 6.07) is 0. The van der Waals surface area contributed by atoms with Crippen LogP contribution in [0.1, 0.15) is 124 Å². The van der Waals surface area contributed by atoms with Gasteiger partial charge in [-0.25, -0.2) is 0 Å². The smallest absolute Gasteiger partial charge is 0.157 e.